The lowest BCUT2D eigenvalue weighted by atomic mass is 10.0. The molecule has 0 amide bonds. The fourth-order valence-electron chi connectivity index (χ4n) is 3.14. The van der Waals surface area contributed by atoms with Gasteiger partial charge in [0.2, 0.25) is 0 Å². The summed E-state index contributed by atoms with van der Waals surface area (Å²) in [5, 5.41) is 5.47. The Bertz CT molecular complexity index is 498. The molecule has 1 fully saturated rings. The topological polar surface area (TPSA) is 62.9 Å². The Kier molecular flexibility index (Phi) is 8.72. The van der Waals surface area contributed by atoms with Crippen molar-refractivity contribution in [3.8, 4) is 0 Å². The maximum Gasteiger partial charge on any atom is 0.188 e. The van der Waals surface area contributed by atoms with Gasteiger partial charge in [-0.1, -0.05) is 32.8 Å². The highest BCUT2D eigenvalue weighted by Gasteiger charge is 2.23. The Morgan fingerprint density at radius 3 is 2.72 bits per heavy atom. The first-order valence-corrected chi connectivity index (χ1v) is 10.4. The van der Waals surface area contributed by atoms with Crippen molar-refractivity contribution < 1.29 is 4.74 Å². The van der Waals surface area contributed by atoms with Crippen molar-refractivity contribution in [1.82, 2.24) is 10.2 Å². The average molecular weight is 367 g/mol. The second-order valence-electron chi connectivity index (χ2n) is 7.28. The van der Waals surface area contributed by atoms with Crippen molar-refractivity contribution >= 4 is 17.3 Å². The van der Waals surface area contributed by atoms with E-state index in [2.05, 4.69) is 53.5 Å². The zero-order chi connectivity index (χ0) is 18.1. The van der Waals surface area contributed by atoms with Gasteiger partial charge in [-0.15, -0.1) is 11.3 Å². The molecule has 3 N–H and O–H groups in total. The first-order chi connectivity index (χ1) is 12.1. The van der Waals surface area contributed by atoms with E-state index < -0.39 is 0 Å². The van der Waals surface area contributed by atoms with Gasteiger partial charge in [0.05, 0.1) is 25.8 Å². The molecular formula is C19H34N4OS. The molecule has 2 heterocycles. The molecular weight excluding hydrogens is 332 g/mol. The predicted molar refractivity (Wildman–Crippen MR) is 107 cm³/mol. The normalized spacial score (nSPS) is 19.1. The zero-order valence-electron chi connectivity index (χ0n) is 15.9. The summed E-state index contributed by atoms with van der Waals surface area (Å²) in [6.45, 7) is 10.9. The molecule has 6 heteroatoms. The predicted octanol–water partition coefficient (Wildman–Crippen LogP) is 3.24. The van der Waals surface area contributed by atoms with E-state index in [0.29, 0.717) is 24.6 Å². The highest BCUT2D eigenvalue weighted by Crippen LogP contribution is 2.26. The molecule has 1 aromatic rings. The van der Waals surface area contributed by atoms with E-state index in [0.717, 1.165) is 38.6 Å². The van der Waals surface area contributed by atoms with Gasteiger partial charge < -0.3 is 15.8 Å². The molecule has 0 spiro atoms. The summed E-state index contributed by atoms with van der Waals surface area (Å²) in [6.07, 6.45) is 3.62. The number of rotatable bonds is 9. The van der Waals surface area contributed by atoms with Crippen molar-refractivity contribution in [2.75, 3.05) is 32.8 Å². The molecule has 2 unspecified atom stereocenters. The van der Waals surface area contributed by atoms with Crippen LogP contribution in [0.4, 0.5) is 0 Å². The van der Waals surface area contributed by atoms with Crippen LogP contribution in [0, 0.1) is 5.92 Å². The number of nitrogens with two attached hydrogens (primary N) is 1. The molecule has 25 heavy (non-hydrogen) atoms. The van der Waals surface area contributed by atoms with E-state index in [1.165, 1.54) is 17.7 Å². The van der Waals surface area contributed by atoms with Gasteiger partial charge >= 0.3 is 0 Å². The Morgan fingerprint density at radius 1 is 1.32 bits per heavy atom. The first kappa shape index (κ1) is 20.2. The molecule has 0 saturated carbocycles. The molecule has 142 valence electrons. The van der Waals surface area contributed by atoms with Gasteiger partial charge in [0.25, 0.3) is 0 Å². The van der Waals surface area contributed by atoms with Crippen LogP contribution in [0.15, 0.2) is 22.5 Å². The van der Waals surface area contributed by atoms with Crippen molar-refractivity contribution in [1.29, 1.82) is 0 Å². The number of aliphatic imine (C=N–C) groups is 1. The monoisotopic (exact) mass is 366 g/mol. The largest absolute Gasteiger partial charge is 0.379 e. The quantitative estimate of drug-likeness (QED) is 0.520. The molecule has 1 aliphatic heterocycles. The van der Waals surface area contributed by atoms with Gasteiger partial charge in [-0.3, -0.25) is 9.89 Å². The van der Waals surface area contributed by atoms with E-state index in [-0.39, 0.29) is 0 Å². The van der Waals surface area contributed by atoms with E-state index in [4.69, 9.17) is 10.5 Å². The lowest BCUT2D eigenvalue weighted by Gasteiger charge is -2.33. The van der Waals surface area contributed by atoms with Crippen LogP contribution < -0.4 is 11.1 Å². The maximum atomic E-state index is 6.14. The molecule has 0 bridgehead atoms. The highest BCUT2D eigenvalue weighted by molar-refractivity contribution is 7.10. The van der Waals surface area contributed by atoms with Crippen molar-refractivity contribution in [3.05, 3.63) is 22.4 Å². The second kappa shape index (κ2) is 10.8. The summed E-state index contributed by atoms with van der Waals surface area (Å²) >= 11 is 1.79. The number of hydrogen-bond donors (Lipinski definition) is 2. The van der Waals surface area contributed by atoms with Gasteiger partial charge in [0.15, 0.2) is 5.96 Å². The molecule has 1 aromatic heterocycles. The minimum absolute atomic E-state index is 0.292. The Morgan fingerprint density at radius 2 is 2.08 bits per heavy atom. The van der Waals surface area contributed by atoms with Crippen LogP contribution in [-0.2, 0) is 4.74 Å². The zero-order valence-corrected chi connectivity index (χ0v) is 16.7. The molecule has 2 atom stereocenters. The van der Waals surface area contributed by atoms with E-state index >= 15 is 0 Å². The number of thiophene rings is 1. The van der Waals surface area contributed by atoms with Gasteiger partial charge in [0.1, 0.15) is 0 Å². The third kappa shape index (κ3) is 7.34. The van der Waals surface area contributed by atoms with Crippen LogP contribution in [0.2, 0.25) is 0 Å². The molecule has 0 aromatic carbocycles. The summed E-state index contributed by atoms with van der Waals surface area (Å²) in [5.74, 6) is 1.32. The fraction of sp³-hybridized carbons (Fsp3) is 0.737. The number of hydrogen-bond acceptors (Lipinski definition) is 4. The van der Waals surface area contributed by atoms with Gasteiger partial charge in [-0.2, -0.15) is 0 Å². The molecule has 1 saturated heterocycles. The van der Waals surface area contributed by atoms with E-state index in [1.54, 1.807) is 11.3 Å². The first-order valence-electron chi connectivity index (χ1n) is 9.48. The number of guanidine groups is 1. The summed E-state index contributed by atoms with van der Waals surface area (Å²) in [7, 11) is 0. The number of nitrogens with one attached hydrogen (secondary N) is 1. The average Bonchev–Trinajstić information content (AvgIpc) is 3.10. The van der Waals surface area contributed by atoms with Crippen molar-refractivity contribution in [3.63, 3.8) is 0 Å². The molecule has 2 rings (SSSR count). The molecule has 5 nitrogen and oxygen atoms in total. The van der Waals surface area contributed by atoms with Crippen molar-refractivity contribution in [2.24, 2.45) is 16.6 Å². The smallest absolute Gasteiger partial charge is 0.188 e. The standard InChI is InChI=1S/C19H34N4OS/c1-15(2)6-4-7-16(3)22-19(20)21-14-17(18-8-5-13-25-18)23-9-11-24-12-10-23/h5,8,13,15-17H,4,6-7,9-12,14H2,1-3H3,(H3,20,21,22). The summed E-state index contributed by atoms with van der Waals surface area (Å²) in [5.41, 5.74) is 6.14. The van der Waals surface area contributed by atoms with E-state index in [1.807, 2.05) is 0 Å². The van der Waals surface area contributed by atoms with Crippen LogP contribution in [-0.4, -0.2) is 49.7 Å². The minimum atomic E-state index is 0.292. The molecule has 0 aliphatic carbocycles. The fourth-order valence-corrected chi connectivity index (χ4v) is 3.99. The molecule has 0 radical (unpaired) electrons. The van der Waals surface area contributed by atoms with Crippen LogP contribution in [0.1, 0.15) is 51.0 Å². The van der Waals surface area contributed by atoms with Gasteiger partial charge in [0, 0.05) is 24.0 Å². The lowest BCUT2D eigenvalue weighted by Crippen LogP contribution is -2.41. The molecule has 1 aliphatic rings. The third-order valence-corrected chi connectivity index (χ3v) is 5.58. The van der Waals surface area contributed by atoms with Crippen LogP contribution in [0.3, 0.4) is 0 Å². The summed E-state index contributed by atoms with van der Waals surface area (Å²) in [4.78, 5) is 8.45. The third-order valence-electron chi connectivity index (χ3n) is 4.61. The summed E-state index contributed by atoms with van der Waals surface area (Å²) in [6, 6.07) is 4.96. The Balaban J connectivity index is 1.86. The maximum absolute atomic E-state index is 6.14. The number of morpholine rings is 1. The van der Waals surface area contributed by atoms with Crippen LogP contribution in [0.5, 0.6) is 0 Å². The Labute approximate surface area is 156 Å². The van der Waals surface area contributed by atoms with Crippen LogP contribution in [0.25, 0.3) is 0 Å². The Hall–Kier alpha value is -1.11. The van der Waals surface area contributed by atoms with Crippen molar-refractivity contribution in [2.45, 2.75) is 52.1 Å². The SMILES string of the molecule is CC(C)CCCC(C)NC(N)=NCC(c1cccs1)N1CCOCC1. The summed E-state index contributed by atoms with van der Waals surface area (Å²) < 4.78 is 5.49. The van der Waals surface area contributed by atoms with Gasteiger partial charge in [-0.25, -0.2) is 0 Å². The van der Waals surface area contributed by atoms with Gasteiger partial charge in [-0.05, 0) is 30.7 Å². The number of nitrogens with zero attached hydrogens (tertiary/aromatic N) is 2. The second-order valence-corrected chi connectivity index (χ2v) is 8.25. The highest BCUT2D eigenvalue weighted by atomic mass is 32.1. The van der Waals surface area contributed by atoms with E-state index in [9.17, 15) is 0 Å². The van der Waals surface area contributed by atoms with Crippen LogP contribution >= 0.6 is 11.3 Å². The number of ether oxygens (including phenoxy) is 1. The lowest BCUT2D eigenvalue weighted by molar-refractivity contribution is 0.0187. The minimum Gasteiger partial charge on any atom is -0.379 e.